The van der Waals surface area contributed by atoms with E-state index in [0.29, 0.717) is 12.8 Å². The van der Waals surface area contributed by atoms with Crippen LogP contribution in [-0.2, 0) is 13.0 Å². The van der Waals surface area contributed by atoms with Crippen molar-refractivity contribution in [1.82, 2.24) is 4.90 Å². The first kappa shape index (κ1) is 14.0. The molecule has 3 heteroatoms. The van der Waals surface area contributed by atoms with Gasteiger partial charge in [-0.25, -0.2) is 0 Å². The van der Waals surface area contributed by atoms with Gasteiger partial charge in [-0.2, -0.15) is 0 Å². The van der Waals surface area contributed by atoms with Crippen molar-refractivity contribution in [3.05, 3.63) is 59.7 Å². The van der Waals surface area contributed by atoms with Gasteiger partial charge in [0, 0.05) is 12.6 Å². The summed E-state index contributed by atoms with van der Waals surface area (Å²) in [6.07, 6.45) is 1.000. The molecule has 21 heavy (non-hydrogen) atoms. The van der Waals surface area contributed by atoms with Crippen LogP contribution in [0.15, 0.2) is 48.5 Å². The molecule has 0 N–H and O–H groups in total. The summed E-state index contributed by atoms with van der Waals surface area (Å²) in [5.41, 5.74) is 2.63. The predicted octanol–water partition coefficient (Wildman–Crippen LogP) is 3.48. The molecular weight excluding hydrogens is 262 g/mol. The topological polar surface area (TPSA) is 21.7 Å². The molecule has 2 aromatic rings. The van der Waals surface area contributed by atoms with Crippen LogP contribution in [0.25, 0.3) is 0 Å². The molecule has 3 rings (SSSR count). The SMILES string of the molecule is C[C@@H](Cc1ccc2c(c1)OCO2)N(C)Cc1ccccc1. The second-order valence-corrected chi connectivity index (χ2v) is 5.64. The van der Waals surface area contributed by atoms with Crippen LogP contribution in [0.1, 0.15) is 18.1 Å². The largest absolute Gasteiger partial charge is 0.454 e. The van der Waals surface area contributed by atoms with E-state index in [1.54, 1.807) is 0 Å². The van der Waals surface area contributed by atoms with E-state index in [1.807, 2.05) is 6.07 Å². The normalized spacial score (nSPS) is 14.4. The van der Waals surface area contributed by atoms with Gasteiger partial charge >= 0.3 is 0 Å². The molecule has 1 atom stereocenters. The average Bonchev–Trinajstić information content (AvgIpc) is 2.95. The van der Waals surface area contributed by atoms with Crippen molar-refractivity contribution in [3.8, 4) is 11.5 Å². The van der Waals surface area contributed by atoms with E-state index in [9.17, 15) is 0 Å². The number of ether oxygens (including phenoxy) is 2. The predicted molar refractivity (Wildman–Crippen MR) is 83.6 cm³/mol. The maximum atomic E-state index is 5.44. The molecule has 0 aromatic heterocycles. The number of rotatable bonds is 5. The molecular formula is C18H21NO2. The Labute approximate surface area is 126 Å². The zero-order valence-electron chi connectivity index (χ0n) is 12.6. The Morgan fingerprint density at radius 1 is 1.00 bits per heavy atom. The molecule has 0 amide bonds. The summed E-state index contributed by atoms with van der Waals surface area (Å²) in [4.78, 5) is 2.37. The van der Waals surface area contributed by atoms with E-state index in [4.69, 9.17) is 9.47 Å². The van der Waals surface area contributed by atoms with E-state index in [-0.39, 0.29) is 0 Å². The Balaban J connectivity index is 1.61. The molecule has 2 aromatic carbocycles. The minimum absolute atomic E-state index is 0.336. The van der Waals surface area contributed by atoms with Gasteiger partial charge in [0.2, 0.25) is 6.79 Å². The summed E-state index contributed by atoms with van der Waals surface area (Å²) in [6, 6.07) is 17.3. The highest BCUT2D eigenvalue weighted by Gasteiger charge is 2.15. The molecule has 1 aliphatic rings. The minimum Gasteiger partial charge on any atom is -0.454 e. The van der Waals surface area contributed by atoms with Crippen LogP contribution in [0.2, 0.25) is 0 Å². The highest BCUT2D eigenvalue weighted by Crippen LogP contribution is 2.32. The smallest absolute Gasteiger partial charge is 0.231 e. The lowest BCUT2D eigenvalue weighted by Crippen LogP contribution is -2.30. The molecule has 0 saturated carbocycles. The van der Waals surface area contributed by atoms with E-state index in [0.717, 1.165) is 24.5 Å². The maximum Gasteiger partial charge on any atom is 0.231 e. The summed E-state index contributed by atoms with van der Waals surface area (Å²) in [7, 11) is 2.17. The standard InChI is InChI=1S/C18H21NO2/c1-14(19(2)12-15-6-4-3-5-7-15)10-16-8-9-17-18(11-16)21-13-20-17/h3-9,11,14H,10,12-13H2,1-2H3/t14-/m0/s1. The van der Waals surface area contributed by atoms with Gasteiger partial charge in [0.05, 0.1) is 0 Å². The Hall–Kier alpha value is -2.00. The van der Waals surface area contributed by atoms with Crippen molar-refractivity contribution in [1.29, 1.82) is 0 Å². The second-order valence-electron chi connectivity index (χ2n) is 5.64. The fraction of sp³-hybridized carbons (Fsp3) is 0.333. The molecule has 1 heterocycles. The lowest BCUT2D eigenvalue weighted by molar-refractivity contribution is 0.174. The van der Waals surface area contributed by atoms with Gasteiger partial charge < -0.3 is 9.47 Å². The number of likely N-dealkylation sites (N-methyl/N-ethyl adjacent to an activating group) is 1. The third kappa shape index (κ3) is 3.37. The lowest BCUT2D eigenvalue weighted by atomic mass is 10.0. The van der Waals surface area contributed by atoms with E-state index < -0.39 is 0 Å². The van der Waals surface area contributed by atoms with Gasteiger partial charge in [0.15, 0.2) is 11.5 Å². The molecule has 0 aliphatic carbocycles. The molecule has 0 saturated heterocycles. The molecule has 1 aliphatic heterocycles. The Bertz CT molecular complexity index is 597. The van der Waals surface area contributed by atoms with Gasteiger partial charge in [-0.1, -0.05) is 36.4 Å². The first-order valence-corrected chi connectivity index (χ1v) is 7.35. The third-order valence-corrected chi connectivity index (χ3v) is 4.00. The number of benzene rings is 2. The Kier molecular flexibility index (Phi) is 4.11. The van der Waals surface area contributed by atoms with Crippen molar-refractivity contribution < 1.29 is 9.47 Å². The first-order chi connectivity index (χ1) is 10.2. The number of hydrogen-bond acceptors (Lipinski definition) is 3. The summed E-state index contributed by atoms with van der Waals surface area (Å²) in [5, 5.41) is 0. The molecule has 0 bridgehead atoms. The van der Waals surface area contributed by atoms with Crippen LogP contribution in [-0.4, -0.2) is 24.8 Å². The maximum absolute atomic E-state index is 5.44. The zero-order valence-corrected chi connectivity index (χ0v) is 12.6. The van der Waals surface area contributed by atoms with Crippen LogP contribution >= 0.6 is 0 Å². The van der Waals surface area contributed by atoms with Gasteiger partial charge in [0.25, 0.3) is 0 Å². The molecule has 110 valence electrons. The number of hydrogen-bond donors (Lipinski definition) is 0. The van der Waals surface area contributed by atoms with Gasteiger partial charge in [-0.15, -0.1) is 0 Å². The summed E-state index contributed by atoms with van der Waals surface area (Å²) in [6.45, 7) is 3.56. The monoisotopic (exact) mass is 283 g/mol. The van der Waals surface area contributed by atoms with Crippen LogP contribution in [0.4, 0.5) is 0 Å². The van der Waals surface area contributed by atoms with Crippen molar-refractivity contribution in [2.24, 2.45) is 0 Å². The zero-order chi connectivity index (χ0) is 14.7. The molecule has 0 radical (unpaired) electrons. The summed E-state index contributed by atoms with van der Waals surface area (Å²) in [5.74, 6) is 1.72. The van der Waals surface area contributed by atoms with Crippen molar-refractivity contribution in [2.75, 3.05) is 13.8 Å². The third-order valence-electron chi connectivity index (χ3n) is 4.00. The van der Waals surface area contributed by atoms with Crippen molar-refractivity contribution in [2.45, 2.75) is 25.9 Å². The van der Waals surface area contributed by atoms with Crippen molar-refractivity contribution >= 4 is 0 Å². The highest BCUT2D eigenvalue weighted by atomic mass is 16.7. The fourth-order valence-electron chi connectivity index (χ4n) is 2.59. The molecule has 0 fully saturated rings. The van der Waals surface area contributed by atoms with Gasteiger partial charge in [0.1, 0.15) is 0 Å². The quantitative estimate of drug-likeness (QED) is 0.838. The van der Waals surface area contributed by atoms with Gasteiger partial charge in [-0.3, -0.25) is 4.90 Å². The first-order valence-electron chi connectivity index (χ1n) is 7.35. The van der Waals surface area contributed by atoms with Crippen molar-refractivity contribution in [3.63, 3.8) is 0 Å². The Morgan fingerprint density at radius 2 is 1.76 bits per heavy atom. The van der Waals surface area contributed by atoms with Crippen LogP contribution in [0.3, 0.4) is 0 Å². The molecule has 3 nitrogen and oxygen atoms in total. The van der Waals surface area contributed by atoms with E-state index in [1.165, 1.54) is 11.1 Å². The highest BCUT2D eigenvalue weighted by molar-refractivity contribution is 5.44. The van der Waals surface area contributed by atoms with E-state index in [2.05, 4.69) is 61.3 Å². The Morgan fingerprint density at radius 3 is 2.57 bits per heavy atom. The molecule has 0 spiro atoms. The summed E-state index contributed by atoms with van der Waals surface area (Å²) < 4.78 is 10.8. The number of nitrogens with zero attached hydrogens (tertiary/aromatic N) is 1. The minimum atomic E-state index is 0.336. The van der Waals surface area contributed by atoms with E-state index >= 15 is 0 Å². The summed E-state index contributed by atoms with van der Waals surface area (Å²) >= 11 is 0. The van der Waals surface area contributed by atoms with Gasteiger partial charge in [-0.05, 0) is 43.7 Å². The fourth-order valence-corrected chi connectivity index (χ4v) is 2.59. The van der Waals surface area contributed by atoms with Crippen LogP contribution in [0, 0.1) is 0 Å². The second kappa shape index (κ2) is 6.19. The lowest BCUT2D eigenvalue weighted by Gasteiger charge is -2.25. The van der Waals surface area contributed by atoms with Crippen LogP contribution in [0.5, 0.6) is 11.5 Å². The molecule has 0 unspecified atom stereocenters. The number of fused-ring (bicyclic) bond motifs is 1. The average molecular weight is 283 g/mol. The van der Waals surface area contributed by atoms with Crippen LogP contribution < -0.4 is 9.47 Å².